The van der Waals surface area contributed by atoms with Crippen LogP contribution < -0.4 is 0 Å². The van der Waals surface area contributed by atoms with Crippen LogP contribution in [0.1, 0.15) is 30.6 Å². The molecule has 0 saturated heterocycles. The molecule has 6 heteroatoms. The third-order valence-electron chi connectivity index (χ3n) is 3.52. The fraction of sp³-hybridized carbons (Fsp3) is 0.500. The number of nitrogens with zero attached hydrogens (tertiary/aromatic N) is 1. The third-order valence-corrected chi connectivity index (χ3v) is 5.23. The zero-order chi connectivity index (χ0) is 15.3. The van der Waals surface area contributed by atoms with Crippen LogP contribution in [-0.4, -0.2) is 49.8 Å². The Labute approximate surface area is 120 Å². The number of carbonyl (C=O) groups is 1. The van der Waals surface area contributed by atoms with Crippen molar-refractivity contribution >= 4 is 15.8 Å². The Morgan fingerprint density at radius 2 is 1.85 bits per heavy atom. The predicted octanol–water partition coefficient (Wildman–Crippen LogP) is 1.89. The number of rotatable bonds is 7. The first-order valence-corrected chi connectivity index (χ1v) is 8.19. The summed E-state index contributed by atoms with van der Waals surface area (Å²) >= 11 is 0. The summed E-state index contributed by atoms with van der Waals surface area (Å²) in [6, 6.07) is 5.66. The van der Waals surface area contributed by atoms with E-state index in [-0.39, 0.29) is 16.2 Å². The highest BCUT2D eigenvalue weighted by Crippen LogP contribution is 2.13. The van der Waals surface area contributed by atoms with Gasteiger partial charge in [0.15, 0.2) is 9.84 Å². The summed E-state index contributed by atoms with van der Waals surface area (Å²) in [5.41, 5.74) is 0.0840. The van der Waals surface area contributed by atoms with Gasteiger partial charge in [-0.15, -0.1) is 0 Å². The minimum Gasteiger partial charge on any atom is -0.478 e. The van der Waals surface area contributed by atoms with Gasteiger partial charge in [0.1, 0.15) is 0 Å². The van der Waals surface area contributed by atoms with E-state index in [9.17, 15) is 13.2 Å². The zero-order valence-corrected chi connectivity index (χ0v) is 12.9. The molecule has 1 aromatic rings. The summed E-state index contributed by atoms with van der Waals surface area (Å²) in [6.45, 7) is 4.56. The maximum absolute atomic E-state index is 12.2. The molecule has 0 radical (unpaired) electrons. The van der Waals surface area contributed by atoms with Gasteiger partial charge in [-0.25, -0.2) is 13.2 Å². The summed E-state index contributed by atoms with van der Waals surface area (Å²) in [4.78, 5) is 12.9. The molecule has 0 aliphatic rings. The van der Waals surface area contributed by atoms with Crippen LogP contribution in [0, 0.1) is 0 Å². The molecule has 112 valence electrons. The van der Waals surface area contributed by atoms with Crippen molar-refractivity contribution in [2.75, 3.05) is 19.3 Å². The highest BCUT2D eigenvalue weighted by Gasteiger charge is 2.17. The van der Waals surface area contributed by atoms with Gasteiger partial charge in [-0.3, -0.25) is 0 Å². The van der Waals surface area contributed by atoms with Crippen molar-refractivity contribution in [2.24, 2.45) is 0 Å². The second-order valence-electron chi connectivity index (χ2n) is 4.89. The van der Waals surface area contributed by atoms with Crippen LogP contribution in [0.15, 0.2) is 29.2 Å². The lowest BCUT2D eigenvalue weighted by Crippen LogP contribution is -2.32. The molecule has 0 aliphatic heterocycles. The topological polar surface area (TPSA) is 74.7 Å². The molecule has 0 saturated carbocycles. The lowest BCUT2D eigenvalue weighted by molar-refractivity contribution is 0.0696. The van der Waals surface area contributed by atoms with Gasteiger partial charge in [-0.2, -0.15) is 0 Å². The zero-order valence-electron chi connectivity index (χ0n) is 12.0. The molecule has 0 aliphatic carbocycles. The molecule has 1 unspecified atom stereocenters. The van der Waals surface area contributed by atoms with Crippen LogP contribution in [0.4, 0.5) is 0 Å². The van der Waals surface area contributed by atoms with Crippen LogP contribution >= 0.6 is 0 Å². The summed E-state index contributed by atoms with van der Waals surface area (Å²) in [5, 5.41) is 8.79. The van der Waals surface area contributed by atoms with Crippen LogP contribution in [0.3, 0.4) is 0 Å². The first kappa shape index (κ1) is 16.7. The summed E-state index contributed by atoms with van der Waals surface area (Å²) in [7, 11) is -1.47. The second kappa shape index (κ2) is 6.85. The smallest absolute Gasteiger partial charge is 0.335 e. The third kappa shape index (κ3) is 4.31. The first-order chi connectivity index (χ1) is 9.27. The Morgan fingerprint density at radius 1 is 1.30 bits per heavy atom. The van der Waals surface area contributed by atoms with E-state index < -0.39 is 15.8 Å². The van der Waals surface area contributed by atoms with Crippen molar-refractivity contribution in [3.05, 3.63) is 29.8 Å². The number of carboxylic acid groups (broad SMARTS) is 1. The van der Waals surface area contributed by atoms with Crippen molar-refractivity contribution in [3.63, 3.8) is 0 Å². The van der Waals surface area contributed by atoms with Gasteiger partial charge in [-0.05, 0) is 44.7 Å². The van der Waals surface area contributed by atoms with Gasteiger partial charge in [0.2, 0.25) is 0 Å². The minimum absolute atomic E-state index is 0.0280. The molecule has 1 N–H and O–H groups in total. The maximum atomic E-state index is 12.2. The van der Waals surface area contributed by atoms with E-state index in [1.807, 2.05) is 18.9 Å². The van der Waals surface area contributed by atoms with E-state index in [1.54, 1.807) is 0 Å². The van der Waals surface area contributed by atoms with E-state index >= 15 is 0 Å². The Bertz CT molecular complexity index is 551. The van der Waals surface area contributed by atoms with E-state index in [1.165, 1.54) is 24.3 Å². The van der Waals surface area contributed by atoms with Crippen molar-refractivity contribution in [2.45, 2.75) is 31.2 Å². The van der Waals surface area contributed by atoms with E-state index in [2.05, 4.69) is 6.92 Å². The number of hydrogen-bond donors (Lipinski definition) is 1. The van der Waals surface area contributed by atoms with Gasteiger partial charge >= 0.3 is 5.97 Å². The van der Waals surface area contributed by atoms with Gasteiger partial charge in [0.05, 0.1) is 16.2 Å². The van der Waals surface area contributed by atoms with Gasteiger partial charge in [0.25, 0.3) is 0 Å². The lowest BCUT2D eigenvalue weighted by atomic mass is 10.2. The molecule has 0 spiro atoms. The number of benzene rings is 1. The molecular formula is C14H21NO4S. The highest BCUT2D eigenvalue weighted by atomic mass is 32.2. The average molecular weight is 299 g/mol. The molecule has 0 bridgehead atoms. The van der Waals surface area contributed by atoms with Crippen molar-refractivity contribution in [1.82, 2.24) is 4.90 Å². The maximum Gasteiger partial charge on any atom is 0.335 e. The lowest BCUT2D eigenvalue weighted by Gasteiger charge is -2.23. The minimum atomic E-state index is -3.37. The standard InChI is InChI=1S/C14H21NO4S/c1-4-11(2)15(3)9-10-20(18,19)13-7-5-12(6-8-13)14(16)17/h5-8,11H,4,9-10H2,1-3H3,(H,16,17). The fourth-order valence-corrected chi connectivity index (χ4v) is 3.03. The van der Waals surface area contributed by atoms with E-state index in [0.29, 0.717) is 12.6 Å². The average Bonchev–Trinajstić information content (AvgIpc) is 2.44. The Balaban J connectivity index is 2.76. The Hall–Kier alpha value is -1.40. The summed E-state index contributed by atoms with van der Waals surface area (Å²) in [6.07, 6.45) is 0.962. The van der Waals surface area contributed by atoms with Gasteiger partial charge < -0.3 is 10.0 Å². The van der Waals surface area contributed by atoms with Crippen LogP contribution in [0.5, 0.6) is 0 Å². The normalized spacial score (nSPS) is 13.4. The number of sulfone groups is 1. The van der Waals surface area contributed by atoms with E-state index in [0.717, 1.165) is 6.42 Å². The van der Waals surface area contributed by atoms with Crippen LogP contribution in [-0.2, 0) is 9.84 Å². The fourth-order valence-electron chi connectivity index (χ4n) is 1.72. The summed E-state index contributed by atoms with van der Waals surface area (Å²) in [5.74, 6) is -1.04. The monoisotopic (exact) mass is 299 g/mol. The van der Waals surface area contributed by atoms with Crippen molar-refractivity contribution in [1.29, 1.82) is 0 Å². The quantitative estimate of drug-likeness (QED) is 0.832. The molecule has 0 fully saturated rings. The number of hydrogen-bond acceptors (Lipinski definition) is 4. The molecule has 1 rings (SSSR count). The van der Waals surface area contributed by atoms with Crippen molar-refractivity contribution in [3.8, 4) is 0 Å². The first-order valence-electron chi connectivity index (χ1n) is 6.54. The summed E-state index contributed by atoms with van der Waals surface area (Å²) < 4.78 is 24.3. The second-order valence-corrected chi connectivity index (χ2v) is 7.00. The number of carboxylic acids is 1. The molecule has 1 atom stereocenters. The molecule has 0 aromatic heterocycles. The predicted molar refractivity (Wildman–Crippen MR) is 77.8 cm³/mol. The molecule has 5 nitrogen and oxygen atoms in total. The highest BCUT2D eigenvalue weighted by molar-refractivity contribution is 7.91. The number of aromatic carboxylic acids is 1. The molecule has 20 heavy (non-hydrogen) atoms. The molecular weight excluding hydrogens is 278 g/mol. The molecule has 0 heterocycles. The molecule has 0 amide bonds. The molecule has 1 aromatic carbocycles. The van der Waals surface area contributed by atoms with E-state index in [4.69, 9.17) is 5.11 Å². The SMILES string of the molecule is CCC(C)N(C)CCS(=O)(=O)c1ccc(C(=O)O)cc1. The van der Waals surface area contributed by atoms with Crippen LogP contribution in [0.25, 0.3) is 0 Å². The van der Waals surface area contributed by atoms with Gasteiger partial charge in [0, 0.05) is 12.6 Å². The van der Waals surface area contributed by atoms with Crippen molar-refractivity contribution < 1.29 is 18.3 Å². The van der Waals surface area contributed by atoms with Gasteiger partial charge in [-0.1, -0.05) is 6.92 Å². The van der Waals surface area contributed by atoms with Crippen LogP contribution in [0.2, 0.25) is 0 Å². The Kier molecular flexibility index (Phi) is 5.71. The Morgan fingerprint density at radius 3 is 2.30 bits per heavy atom. The largest absolute Gasteiger partial charge is 0.478 e.